The van der Waals surface area contributed by atoms with E-state index in [-0.39, 0.29) is 23.8 Å². The van der Waals surface area contributed by atoms with Gasteiger partial charge < -0.3 is 10.5 Å². The highest BCUT2D eigenvalue weighted by Gasteiger charge is 2.41. The first-order valence-corrected chi connectivity index (χ1v) is 7.13. The number of anilines is 2. The summed E-state index contributed by atoms with van der Waals surface area (Å²) in [6, 6.07) is 3.38. The second-order valence-corrected chi connectivity index (χ2v) is 5.42. The van der Waals surface area contributed by atoms with Crippen LogP contribution in [0.3, 0.4) is 0 Å². The number of hydrogen-bond acceptors (Lipinski definition) is 4. The molecule has 2 amide bonds. The van der Waals surface area contributed by atoms with Crippen molar-refractivity contribution in [2.45, 2.75) is 18.4 Å². The lowest BCUT2D eigenvalue weighted by Gasteiger charge is -2.25. The van der Waals surface area contributed by atoms with E-state index in [2.05, 4.69) is 4.74 Å². The second kappa shape index (κ2) is 8.21. The number of amides is 2. The molecule has 0 spiro atoms. The van der Waals surface area contributed by atoms with Gasteiger partial charge in [-0.15, -0.1) is 12.4 Å². The molecule has 0 radical (unpaired) electrons. The van der Waals surface area contributed by atoms with Crippen molar-refractivity contribution in [1.29, 1.82) is 0 Å². The van der Waals surface area contributed by atoms with E-state index in [9.17, 15) is 35.9 Å². The molecule has 1 aliphatic heterocycles. The van der Waals surface area contributed by atoms with Crippen LogP contribution in [0.25, 0.3) is 0 Å². The van der Waals surface area contributed by atoms with Crippen LogP contribution in [0, 0.1) is 0 Å². The topological polar surface area (TPSA) is 75.9 Å². The Labute approximate surface area is 155 Å². The summed E-state index contributed by atoms with van der Waals surface area (Å²) in [4.78, 5) is 25.2. The van der Waals surface area contributed by atoms with Crippen molar-refractivity contribution in [3.63, 3.8) is 0 Å². The number of carbonyl (C=O) groups is 2. The monoisotopic (exact) mass is 421 g/mol. The maximum Gasteiger partial charge on any atom is 0.422 e. The third-order valence-corrected chi connectivity index (χ3v) is 3.34. The Balaban J connectivity index is 0.00000364. The summed E-state index contributed by atoms with van der Waals surface area (Å²) >= 11 is 0. The van der Waals surface area contributed by atoms with E-state index in [4.69, 9.17) is 5.73 Å². The molecule has 6 nitrogen and oxygen atoms in total. The fourth-order valence-electron chi connectivity index (χ4n) is 2.35. The predicted octanol–water partition coefficient (Wildman–Crippen LogP) is 2.85. The Bertz CT molecular complexity index is 697. The highest BCUT2D eigenvalue weighted by Crippen LogP contribution is 2.35. The number of rotatable bonds is 2. The fourth-order valence-corrected chi connectivity index (χ4v) is 2.35. The number of hydrogen-bond donors (Lipinski definition) is 1. The molecule has 0 aromatic heterocycles. The number of halogens is 7. The third kappa shape index (κ3) is 5.89. The maximum atomic E-state index is 12.8. The molecule has 2 N–H and O–H groups in total. The van der Waals surface area contributed by atoms with Crippen LogP contribution in [0.2, 0.25) is 0 Å². The molecule has 0 saturated heterocycles. The van der Waals surface area contributed by atoms with Crippen molar-refractivity contribution in [2.24, 2.45) is 5.73 Å². The van der Waals surface area contributed by atoms with E-state index in [0.29, 0.717) is 9.80 Å². The number of benzene rings is 1. The number of para-hydroxylation sites is 2. The maximum absolute atomic E-state index is 12.8. The lowest BCUT2D eigenvalue weighted by molar-refractivity contribution is -0.159. The zero-order valence-corrected chi connectivity index (χ0v) is 14.2. The highest BCUT2D eigenvalue weighted by atomic mass is 35.5. The largest absolute Gasteiger partial charge is 0.439 e. The van der Waals surface area contributed by atoms with Crippen molar-refractivity contribution < 1.29 is 40.7 Å². The number of alkyl halides is 6. The summed E-state index contributed by atoms with van der Waals surface area (Å²) < 4.78 is 79.3. The van der Waals surface area contributed by atoms with Gasteiger partial charge in [-0.3, -0.25) is 14.6 Å². The van der Waals surface area contributed by atoms with Crippen LogP contribution >= 0.6 is 12.4 Å². The van der Waals surface area contributed by atoms with Crippen molar-refractivity contribution in [3.8, 4) is 0 Å². The first kappa shape index (κ1) is 22.8. The lowest BCUT2D eigenvalue weighted by Crippen LogP contribution is -2.50. The van der Waals surface area contributed by atoms with E-state index in [1.54, 1.807) is 0 Å². The Kier molecular flexibility index (Phi) is 6.94. The van der Waals surface area contributed by atoms with E-state index < -0.39 is 50.1 Å². The molecule has 1 aromatic carbocycles. The molecular formula is C14H14ClF6N3O3. The minimum atomic E-state index is -4.79. The zero-order valence-electron chi connectivity index (χ0n) is 13.4. The van der Waals surface area contributed by atoms with Gasteiger partial charge in [0.15, 0.2) is 6.61 Å². The average molecular weight is 422 g/mol. The minimum Gasteiger partial charge on any atom is -0.439 e. The van der Waals surface area contributed by atoms with Crippen LogP contribution in [-0.4, -0.2) is 50.1 Å². The molecule has 13 heteroatoms. The summed E-state index contributed by atoms with van der Waals surface area (Å²) in [5, 5.41) is 0. The normalized spacial score (nSPS) is 17.7. The van der Waals surface area contributed by atoms with Crippen molar-refractivity contribution in [1.82, 2.24) is 0 Å². The molecule has 27 heavy (non-hydrogen) atoms. The van der Waals surface area contributed by atoms with Crippen LogP contribution in [-0.2, 0) is 9.53 Å². The van der Waals surface area contributed by atoms with Gasteiger partial charge >= 0.3 is 18.4 Å². The van der Waals surface area contributed by atoms with Gasteiger partial charge in [-0.25, -0.2) is 4.79 Å². The summed E-state index contributed by atoms with van der Waals surface area (Å²) in [5.41, 5.74) is 5.02. The Morgan fingerprint density at radius 2 is 1.67 bits per heavy atom. The SMILES string of the molecule is Cl.N[C@H]1CN(C(=O)OCC(F)(F)F)c2ccccc2N(CC(F)(F)F)C1=O. The number of fused-ring (bicyclic) bond motifs is 1. The molecule has 0 unspecified atom stereocenters. The number of nitrogens with two attached hydrogens (primary N) is 1. The van der Waals surface area contributed by atoms with Crippen LogP contribution < -0.4 is 15.5 Å². The molecular weight excluding hydrogens is 408 g/mol. The van der Waals surface area contributed by atoms with E-state index in [0.717, 1.165) is 6.07 Å². The van der Waals surface area contributed by atoms with Gasteiger partial charge in [0, 0.05) is 0 Å². The quantitative estimate of drug-likeness (QED) is 0.745. The van der Waals surface area contributed by atoms with Gasteiger partial charge in [-0.2, -0.15) is 26.3 Å². The molecule has 1 atom stereocenters. The van der Waals surface area contributed by atoms with Gasteiger partial charge in [0.25, 0.3) is 0 Å². The van der Waals surface area contributed by atoms with E-state index in [1.165, 1.54) is 18.2 Å². The molecule has 0 bridgehead atoms. The molecule has 0 aliphatic carbocycles. The van der Waals surface area contributed by atoms with E-state index >= 15 is 0 Å². The first-order chi connectivity index (χ1) is 11.9. The molecule has 0 fully saturated rings. The van der Waals surface area contributed by atoms with Crippen molar-refractivity contribution >= 4 is 35.8 Å². The standard InChI is InChI=1S/C14H13F6N3O3.ClH/c15-13(16,17)6-23-10-4-2-1-3-9(10)22(5-8(21)11(23)24)12(25)26-7-14(18,19)20;/h1-4,8H,5-7,21H2;1H/t8-;/m0./s1. The van der Waals surface area contributed by atoms with Crippen LogP contribution in [0.5, 0.6) is 0 Å². The van der Waals surface area contributed by atoms with Crippen LogP contribution in [0.1, 0.15) is 0 Å². The van der Waals surface area contributed by atoms with Crippen LogP contribution in [0.15, 0.2) is 24.3 Å². The molecule has 1 aliphatic rings. The Hall–Kier alpha value is -2.21. The average Bonchev–Trinajstić information content (AvgIpc) is 2.62. The molecule has 152 valence electrons. The first-order valence-electron chi connectivity index (χ1n) is 7.13. The van der Waals surface area contributed by atoms with Gasteiger partial charge in [-0.05, 0) is 12.1 Å². The van der Waals surface area contributed by atoms with Gasteiger partial charge in [0.1, 0.15) is 12.6 Å². The Morgan fingerprint density at radius 1 is 1.11 bits per heavy atom. The number of carbonyl (C=O) groups excluding carboxylic acids is 2. The molecule has 1 heterocycles. The van der Waals surface area contributed by atoms with Crippen molar-refractivity contribution in [3.05, 3.63) is 24.3 Å². The predicted molar refractivity (Wildman–Crippen MR) is 84.8 cm³/mol. The Morgan fingerprint density at radius 3 is 2.19 bits per heavy atom. The molecule has 2 rings (SSSR count). The summed E-state index contributed by atoms with van der Waals surface area (Å²) in [6.07, 6.45) is -11.0. The van der Waals surface area contributed by atoms with Crippen LogP contribution in [0.4, 0.5) is 42.5 Å². The smallest absolute Gasteiger partial charge is 0.422 e. The lowest BCUT2D eigenvalue weighted by atomic mass is 10.2. The van der Waals surface area contributed by atoms with Gasteiger partial charge in [0.05, 0.1) is 17.9 Å². The summed E-state index contributed by atoms with van der Waals surface area (Å²) in [6.45, 7) is -4.19. The highest BCUT2D eigenvalue weighted by molar-refractivity contribution is 6.05. The van der Waals surface area contributed by atoms with Crippen molar-refractivity contribution in [2.75, 3.05) is 29.5 Å². The molecule has 0 saturated carbocycles. The van der Waals surface area contributed by atoms with Gasteiger partial charge in [-0.1, -0.05) is 12.1 Å². The molecule has 1 aromatic rings. The third-order valence-electron chi connectivity index (χ3n) is 3.34. The van der Waals surface area contributed by atoms with Gasteiger partial charge in [0.2, 0.25) is 5.91 Å². The second-order valence-electron chi connectivity index (χ2n) is 5.42. The number of nitrogens with zero attached hydrogens (tertiary/aromatic N) is 2. The van der Waals surface area contributed by atoms with E-state index in [1.807, 2.05) is 0 Å². The summed E-state index contributed by atoms with van der Waals surface area (Å²) in [5.74, 6) is -1.12. The minimum absolute atomic E-state index is 0. The fraction of sp³-hybridized carbons (Fsp3) is 0.429. The zero-order chi connectivity index (χ0) is 19.7. The number of ether oxygens (including phenoxy) is 1. The summed E-state index contributed by atoms with van der Waals surface area (Å²) in [7, 11) is 0.